The lowest BCUT2D eigenvalue weighted by Gasteiger charge is -2.25. The van der Waals surface area contributed by atoms with Crippen molar-refractivity contribution in [2.24, 2.45) is 0 Å². The minimum atomic E-state index is -4.71. The zero-order valence-corrected chi connectivity index (χ0v) is 7.76. The highest BCUT2D eigenvalue weighted by molar-refractivity contribution is 5.20. The second-order valence-electron chi connectivity index (χ2n) is 3.29. The van der Waals surface area contributed by atoms with Crippen LogP contribution in [0.25, 0.3) is 0 Å². The summed E-state index contributed by atoms with van der Waals surface area (Å²) >= 11 is 0. The van der Waals surface area contributed by atoms with E-state index in [9.17, 15) is 18.3 Å². The van der Waals surface area contributed by atoms with Crippen molar-refractivity contribution >= 4 is 0 Å². The fraction of sp³-hybridized carbons (Fsp3) is 0.444. The van der Waals surface area contributed by atoms with Gasteiger partial charge in [0.15, 0.2) is 5.60 Å². The summed E-state index contributed by atoms with van der Waals surface area (Å²) in [6, 6.07) is 2.78. The zero-order valence-electron chi connectivity index (χ0n) is 7.76. The summed E-state index contributed by atoms with van der Waals surface area (Å²) in [4.78, 5) is 3.51. The predicted molar refractivity (Wildman–Crippen MR) is 44.6 cm³/mol. The summed E-state index contributed by atoms with van der Waals surface area (Å²) in [5, 5.41) is 9.26. The second kappa shape index (κ2) is 3.24. The molecule has 78 valence electrons. The van der Waals surface area contributed by atoms with E-state index in [2.05, 4.69) is 4.98 Å². The Morgan fingerprint density at radius 3 is 2.36 bits per heavy atom. The first-order chi connectivity index (χ1) is 6.25. The number of rotatable bonds is 1. The number of alkyl halides is 3. The quantitative estimate of drug-likeness (QED) is 0.762. The number of pyridine rings is 1. The number of nitrogens with zero attached hydrogens (tertiary/aromatic N) is 1. The second-order valence-corrected chi connectivity index (χ2v) is 3.29. The summed E-state index contributed by atoms with van der Waals surface area (Å²) < 4.78 is 37.1. The van der Waals surface area contributed by atoms with E-state index in [0.717, 1.165) is 0 Å². The fourth-order valence-electron chi connectivity index (χ4n) is 0.948. The molecule has 1 aromatic rings. The number of hydrogen-bond donors (Lipinski definition) is 1. The Hall–Kier alpha value is -1.10. The van der Waals surface area contributed by atoms with Crippen LogP contribution in [0.3, 0.4) is 0 Å². The van der Waals surface area contributed by atoms with E-state index in [-0.39, 0.29) is 5.69 Å². The van der Waals surface area contributed by atoms with Gasteiger partial charge >= 0.3 is 6.18 Å². The molecule has 1 rings (SSSR count). The van der Waals surface area contributed by atoms with Gasteiger partial charge in [-0.25, -0.2) is 0 Å². The van der Waals surface area contributed by atoms with Crippen molar-refractivity contribution in [3.8, 4) is 0 Å². The number of aliphatic hydroxyl groups is 1. The van der Waals surface area contributed by atoms with Gasteiger partial charge in [-0.3, -0.25) is 4.98 Å². The Morgan fingerprint density at radius 2 is 1.93 bits per heavy atom. The van der Waals surface area contributed by atoms with Crippen molar-refractivity contribution < 1.29 is 18.3 Å². The van der Waals surface area contributed by atoms with E-state index in [1.165, 1.54) is 12.3 Å². The molecule has 0 saturated heterocycles. The monoisotopic (exact) mass is 205 g/mol. The topological polar surface area (TPSA) is 33.1 Å². The Morgan fingerprint density at radius 1 is 1.36 bits per heavy atom. The zero-order chi connectivity index (χ0) is 11.0. The van der Waals surface area contributed by atoms with Crippen LogP contribution in [-0.4, -0.2) is 16.3 Å². The maximum Gasteiger partial charge on any atom is 0.422 e. The third-order valence-electron chi connectivity index (χ3n) is 1.97. The van der Waals surface area contributed by atoms with Gasteiger partial charge in [0.2, 0.25) is 0 Å². The van der Waals surface area contributed by atoms with E-state index in [0.29, 0.717) is 12.5 Å². The number of hydrogen-bond acceptors (Lipinski definition) is 2. The van der Waals surface area contributed by atoms with Crippen LogP contribution < -0.4 is 0 Å². The highest BCUT2D eigenvalue weighted by atomic mass is 19.4. The van der Waals surface area contributed by atoms with Crippen LogP contribution in [-0.2, 0) is 5.60 Å². The average molecular weight is 205 g/mol. The molecule has 0 amide bonds. The summed E-state index contributed by atoms with van der Waals surface area (Å²) in [7, 11) is 0. The van der Waals surface area contributed by atoms with Gasteiger partial charge in [0.05, 0.1) is 5.69 Å². The number of aromatic nitrogens is 1. The van der Waals surface area contributed by atoms with Gasteiger partial charge in [-0.1, -0.05) is 0 Å². The van der Waals surface area contributed by atoms with Crippen molar-refractivity contribution in [2.45, 2.75) is 25.6 Å². The molecule has 1 heterocycles. The first-order valence-corrected chi connectivity index (χ1v) is 3.97. The SMILES string of the molecule is Cc1ccnc([C@@](C)(O)C(F)(F)F)c1. The molecule has 0 bridgehead atoms. The number of aryl methyl sites for hydroxylation is 1. The lowest BCUT2D eigenvalue weighted by Crippen LogP contribution is -2.40. The van der Waals surface area contributed by atoms with Crippen LogP contribution in [0.15, 0.2) is 18.3 Å². The Labute approximate surface area is 79.4 Å². The first kappa shape index (κ1) is 11.0. The molecule has 0 aliphatic carbocycles. The first-order valence-electron chi connectivity index (χ1n) is 3.97. The van der Waals surface area contributed by atoms with Crippen LogP contribution in [0.1, 0.15) is 18.2 Å². The van der Waals surface area contributed by atoms with Crippen LogP contribution in [0.4, 0.5) is 13.2 Å². The van der Waals surface area contributed by atoms with Crippen LogP contribution in [0.5, 0.6) is 0 Å². The normalized spacial score (nSPS) is 16.4. The Kier molecular flexibility index (Phi) is 2.54. The Balaban J connectivity index is 3.16. The van der Waals surface area contributed by atoms with Gasteiger partial charge in [0.1, 0.15) is 0 Å². The van der Waals surface area contributed by atoms with Gasteiger partial charge in [0, 0.05) is 6.20 Å². The van der Waals surface area contributed by atoms with Crippen molar-refractivity contribution in [3.05, 3.63) is 29.6 Å². The molecule has 0 aliphatic rings. The maximum atomic E-state index is 12.4. The molecule has 0 fully saturated rings. The lowest BCUT2D eigenvalue weighted by molar-refractivity contribution is -0.260. The summed E-state index contributed by atoms with van der Waals surface area (Å²) in [5.41, 5.74) is -2.65. The maximum absolute atomic E-state index is 12.4. The highest BCUT2D eigenvalue weighted by Gasteiger charge is 2.52. The molecule has 0 radical (unpaired) electrons. The molecule has 1 atom stereocenters. The molecule has 1 N–H and O–H groups in total. The van der Waals surface area contributed by atoms with E-state index in [4.69, 9.17) is 0 Å². The van der Waals surface area contributed by atoms with E-state index >= 15 is 0 Å². The minimum Gasteiger partial charge on any atom is -0.375 e. The van der Waals surface area contributed by atoms with Crippen molar-refractivity contribution in [3.63, 3.8) is 0 Å². The minimum absolute atomic E-state index is 0.384. The molecular formula is C9H10F3NO. The molecule has 0 unspecified atom stereocenters. The largest absolute Gasteiger partial charge is 0.422 e. The predicted octanol–water partition coefficient (Wildman–Crippen LogP) is 2.16. The van der Waals surface area contributed by atoms with Gasteiger partial charge in [-0.15, -0.1) is 0 Å². The average Bonchev–Trinajstić information content (AvgIpc) is 2.02. The number of halogens is 3. The molecule has 0 aliphatic heterocycles. The van der Waals surface area contributed by atoms with Crippen molar-refractivity contribution in [1.29, 1.82) is 0 Å². The van der Waals surface area contributed by atoms with Crippen LogP contribution >= 0.6 is 0 Å². The van der Waals surface area contributed by atoms with Gasteiger partial charge < -0.3 is 5.11 Å². The van der Waals surface area contributed by atoms with Crippen molar-refractivity contribution in [2.75, 3.05) is 0 Å². The van der Waals surface area contributed by atoms with Crippen LogP contribution in [0, 0.1) is 6.92 Å². The van der Waals surface area contributed by atoms with Crippen LogP contribution in [0.2, 0.25) is 0 Å². The molecule has 0 aromatic carbocycles. The molecule has 0 saturated carbocycles. The van der Waals surface area contributed by atoms with Gasteiger partial charge in [-0.2, -0.15) is 13.2 Å². The molecule has 5 heteroatoms. The van der Waals surface area contributed by atoms with Gasteiger partial charge in [0.25, 0.3) is 0 Å². The Bertz CT molecular complexity index is 333. The molecule has 14 heavy (non-hydrogen) atoms. The third kappa shape index (κ3) is 1.87. The molecule has 2 nitrogen and oxygen atoms in total. The van der Waals surface area contributed by atoms with E-state index in [1.807, 2.05) is 0 Å². The van der Waals surface area contributed by atoms with E-state index < -0.39 is 11.8 Å². The van der Waals surface area contributed by atoms with Gasteiger partial charge in [-0.05, 0) is 31.5 Å². The smallest absolute Gasteiger partial charge is 0.375 e. The van der Waals surface area contributed by atoms with E-state index in [1.54, 1.807) is 13.0 Å². The molecular weight excluding hydrogens is 195 g/mol. The third-order valence-corrected chi connectivity index (χ3v) is 1.97. The summed E-state index contributed by atoms with van der Waals surface area (Å²) in [6.45, 7) is 2.33. The standard InChI is InChI=1S/C9H10F3NO/c1-6-3-4-13-7(5-6)8(2,14)9(10,11)12/h3-5,14H,1-2H3/t8-/m1/s1. The van der Waals surface area contributed by atoms with Crippen molar-refractivity contribution in [1.82, 2.24) is 4.98 Å². The highest BCUT2D eigenvalue weighted by Crippen LogP contribution is 2.37. The lowest BCUT2D eigenvalue weighted by atomic mass is 10.00. The fourth-order valence-corrected chi connectivity index (χ4v) is 0.948. The molecule has 1 aromatic heterocycles. The summed E-state index contributed by atoms with van der Waals surface area (Å²) in [6.07, 6.45) is -3.47. The molecule has 0 spiro atoms. The summed E-state index contributed by atoms with van der Waals surface area (Å²) in [5.74, 6) is 0.